The summed E-state index contributed by atoms with van der Waals surface area (Å²) in [5.74, 6) is 0.00322. The van der Waals surface area contributed by atoms with E-state index >= 15 is 0 Å². The molecule has 0 aliphatic carbocycles. The number of hydrogen-bond acceptors (Lipinski definition) is 2. The molecule has 1 aromatic carbocycles. The summed E-state index contributed by atoms with van der Waals surface area (Å²) < 4.78 is 0.997. The van der Waals surface area contributed by atoms with E-state index in [0.29, 0.717) is 19.3 Å². The highest BCUT2D eigenvalue weighted by Crippen LogP contribution is 2.19. The van der Waals surface area contributed by atoms with Crippen molar-refractivity contribution in [1.29, 1.82) is 0 Å². The second-order valence-electron chi connectivity index (χ2n) is 5.27. The van der Waals surface area contributed by atoms with Gasteiger partial charge in [-0.1, -0.05) is 43.0 Å². The summed E-state index contributed by atoms with van der Waals surface area (Å²) in [6, 6.07) is 9.99. The van der Waals surface area contributed by atoms with Crippen LogP contribution in [0.5, 0.6) is 0 Å². The predicted molar refractivity (Wildman–Crippen MR) is 102 cm³/mol. The lowest BCUT2D eigenvalue weighted by atomic mass is 10.1. The van der Waals surface area contributed by atoms with Gasteiger partial charge in [-0.2, -0.15) is 0 Å². The van der Waals surface area contributed by atoms with Gasteiger partial charge in [0.05, 0.1) is 6.10 Å². The van der Waals surface area contributed by atoms with Crippen molar-refractivity contribution >= 4 is 40.0 Å². The van der Waals surface area contributed by atoms with Gasteiger partial charge < -0.3 is 5.11 Å². The molecule has 0 saturated heterocycles. The van der Waals surface area contributed by atoms with Gasteiger partial charge in [0.25, 0.3) is 0 Å². The average Bonchev–Trinajstić information content (AvgIpc) is 2.49. The van der Waals surface area contributed by atoms with E-state index in [9.17, 15) is 9.90 Å². The van der Waals surface area contributed by atoms with E-state index in [1.807, 2.05) is 30.3 Å². The van der Waals surface area contributed by atoms with Crippen LogP contribution in [0.3, 0.4) is 0 Å². The van der Waals surface area contributed by atoms with E-state index in [2.05, 4.69) is 29.2 Å². The van der Waals surface area contributed by atoms with E-state index < -0.39 is 6.10 Å². The summed E-state index contributed by atoms with van der Waals surface area (Å²) >= 11 is 8.25. The zero-order valence-electron chi connectivity index (χ0n) is 12.6. The molecule has 0 aliphatic rings. The number of rotatable bonds is 10. The molecule has 120 valence electrons. The van der Waals surface area contributed by atoms with E-state index in [4.69, 9.17) is 11.6 Å². The molecule has 1 rings (SSSR count). The molecule has 2 atom stereocenters. The van der Waals surface area contributed by atoms with Crippen LogP contribution in [-0.2, 0) is 11.2 Å². The van der Waals surface area contributed by atoms with E-state index in [1.54, 1.807) is 6.08 Å². The lowest BCUT2D eigenvalue weighted by Crippen LogP contribution is -2.06. The summed E-state index contributed by atoms with van der Waals surface area (Å²) in [6.45, 7) is 3.80. The summed E-state index contributed by atoms with van der Waals surface area (Å²) in [5.41, 5.74) is 1.19. The first kappa shape index (κ1) is 19.4. The molecule has 0 aliphatic heterocycles. The molecule has 22 heavy (non-hydrogen) atoms. The summed E-state index contributed by atoms with van der Waals surface area (Å²) in [7, 11) is 0. The minimum Gasteiger partial charge on any atom is -0.389 e. The van der Waals surface area contributed by atoms with Crippen molar-refractivity contribution in [3.63, 3.8) is 0 Å². The minimum atomic E-state index is -0.593. The molecular weight excluding hydrogens is 411 g/mol. The third-order valence-electron chi connectivity index (χ3n) is 3.22. The number of ketones is 1. The van der Waals surface area contributed by atoms with Gasteiger partial charge >= 0.3 is 0 Å². The van der Waals surface area contributed by atoms with Crippen molar-refractivity contribution in [2.75, 3.05) is 0 Å². The summed E-state index contributed by atoms with van der Waals surface area (Å²) in [6.07, 6.45) is 5.61. The van der Waals surface area contributed by atoms with Crippen molar-refractivity contribution in [2.24, 2.45) is 0 Å². The molecule has 0 aromatic heterocycles. The number of halogens is 2. The number of benzene rings is 1. The van der Waals surface area contributed by atoms with Gasteiger partial charge in [0, 0.05) is 11.8 Å². The number of aliphatic hydroxyl groups excluding tert-OH is 1. The first-order chi connectivity index (χ1) is 10.5. The Morgan fingerprint density at radius 2 is 2.00 bits per heavy atom. The number of carbonyl (C=O) groups is 1. The van der Waals surface area contributed by atoms with Crippen LogP contribution in [0.1, 0.15) is 31.2 Å². The summed E-state index contributed by atoms with van der Waals surface area (Å²) in [4.78, 5) is 11.7. The Balaban J connectivity index is 2.25. The lowest BCUT2D eigenvalue weighted by molar-refractivity contribution is -0.114. The Kier molecular flexibility index (Phi) is 9.68. The third kappa shape index (κ3) is 9.38. The van der Waals surface area contributed by atoms with E-state index in [0.717, 1.165) is 16.4 Å². The molecule has 0 saturated carbocycles. The molecule has 0 amide bonds. The molecule has 1 N–H and O–H groups in total. The largest absolute Gasteiger partial charge is 0.389 e. The monoisotopic (exact) mass is 432 g/mol. The maximum atomic E-state index is 11.7. The van der Waals surface area contributed by atoms with E-state index in [1.165, 1.54) is 11.6 Å². The fraction of sp³-hybridized carbons (Fsp3) is 0.389. The van der Waals surface area contributed by atoms with Crippen LogP contribution in [-0.4, -0.2) is 22.4 Å². The first-order valence-corrected chi connectivity index (χ1v) is 8.89. The van der Waals surface area contributed by atoms with Crippen molar-refractivity contribution in [3.05, 3.63) is 58.2 Å². The molecule has 4 heteroatoms. The first-order valence-electron chi connectivity index (χ1n) is 7.37. The highest BCUT2D eigenvalue weighted by molar-refractivity contribution is 14.1. The smallest absolute Gasteiger partial charge is 0.155 e. The number of aryl methyl sites for hydroxylation is 1. The van der Waals surface area contributed by atoms with Gasteiger partial charge in [0.2, 0.25) is 0 Å². The predicted octanol–water partition coefficient (Wildman–Crippen LogP) is 4.83. The van der Waals surface area contributed by atoms with Crippen molar-refractivity contribution in [2.45, 2.75) is 43.6 Å². The van der Waals surface area contributed by atoms with Crippen LogP contribution in [0.15, 0.2) is 52.6 Å². The fourth-order valence-corrected chi connectivity index (χ4v) is 3.09. The number of allylic oxidation sites excluding steroid dienone is 2. The van der Waals surface area contributed by atoms with Crippen LogP contribution < -0.4 is 0 Å². The average molecular weight is 433 g/mol. The van der Waals surface area contributed by atoms with Crippen LogP contribution in [0.25, 0.3) is 0 Å². The second-order valence-corrected chi connectivity index (χ2v) is 7.42. The Labute approximate surface area is 151 Å². The number of carbonyl (C=O) groups excluding carboxylic acids is 1. The highest BCUT2D eigenvalue weighted by Gasteiger charge is 2.08. The van der Waals surface area contributed by atoms with Gasteiger partial charge in [0.1, 0.15) is 0 Å². The van der Waals surface area contributed by atoms with Gasteiger partial charge in [-0.15, -0.1) is 11.6 Å². The maximum Gasteiger partial charge on any atom is 0.155 e. The highest BCUT2D eigenvalue weighted by atomic mass is 127. The second kappa shape index (κ2) is 11.0. The molecule has 0 bridgehead atoms. The standard InChI is InChI=1S/C18H22ClIO2/c1-14(20)13-16(19)8-10-18(22)12-11-17(21)9-7-15-5-3-2-4-6-15/h2-6,11-12,16-17,21H,1,7-10,13H2. The number of alkyl halides is 1. The normalized spacial score (nSPS) is 14.0. The molecular formula is C18H22ClIO2. The van der Waals surface area contributed by atoms with Crippen LogP contribution in [0.2, 0.25) is 0 Å². The molecule has 2 nitrogen and oxygen atoms in total. The molecule has 0 spiro atoms. The Bertz CT molecular complexity index is 499. The van der Waals surface area contributed by atoms with Gasteiger partial charge in [-0.25, -0.2) is 0 Å². The zero-order chi connectivity index (χ0) is 16.4. The van der Waals surface area contributed by atoms with E-state index in [-0.39, 0.29) is 11.2 Å². The van der Waals surface area contributed by atoms with Crippen LogP contribution >= 0.6 is 34.2 Å². The number of aliphatic hydroxyl groups is 1. The van der Waals surface area contributed by atoms with Gasteiger partial charge in [-0.05, 0) is 63.5 Å². The van der Waals surface area contributed by atoms with Crippen molar-refractivity contribution < 1.29 is 9.90 Å². The Morgan fingerprint density at radius 1 is 1.32 bits per heavy atom. The molecule has 2 unspecified atom stereocenters. The van der Waals surface area contributed by atoms with Gasteiger partial charge in [-0.3, -0.25) is 4.79 Å². The zero-order valence-corrected chi connectivity index (χ0v) is 15.5. The topological polar surface area (TPSA) is 37.3 Å². The van der Waals surface area contributed by atoms with Crippen LogP contribution in [0, 0.1) is 0 Å². The molecule has 1 aromatic rings. The SMILES string of the molecule is C=C(I)CC(Cl)CCC(=O)C=CC(O)CCc1ccccc1. The molecule has 0 fully saturated rings. The fourth-order valence-electron chi connectivity index (χ4n) is 2.00. The number of hydrogen-bond donors (Lipinski definition) is 1. The minimum absolute atomic E-state index is 0.00322. The third-order valence-corrected chi connectivity index (χ3v) is 4.04. The lowest BCUT2D eigenvalue weighted by Gasteiger charge is -2.07. The van der Waals surface area contributed by atoms with Crippen molar-refractivity contribution in [1.82, 2.24) is 0 Å². The Hall–Kier alpha value is -0.650. The molecule has 0 heterocycles. The molecule has 0 radical (unpaired) electrons. The van der Waals surface area contributed by atoms with Crippen LogP contribution in [0.4, 0.5) is 0 Å². The maximum absolute atomic E-state index is 11.7. The Morgan fingerprint density at radius 3 is 2.64 bits per heavy atom. The van der Waals surface area contributed by atoms with Crippen molar-refractivity contribution in [3.8, 4) is 0 Å². The quantitative estimate of drug-likeness (QED) is 0.327. The van der Waals surface area contributed by atoms with Gasteiger partial charge in [0.15, 0.2) is 5.78 Å². The summed E-state index contributed by atoms with van der Waals surface area (Å²) in [5, 5.41) is 9.83.